The van der Waals surface area contributed by atoms with Crippen molar-refractivity contribution in [2.75, 3.05) is 10.8 Å². The van der Waals surface area contributed by atoms with E-state index >= 15 is 0 Å². The van der Waals surface area contributed by atoms with Crippen LogP contribution in [0.3, 0.4) is 0 Å². The van der Waals surface area contributed by atoms with E-state index in [1.54, 1.807) is 18.2 Å². The molecule has 1 atom stereocenters. The van der Waals surface area contributed by atoms with Gasteiger partial charge in [-0.1, -0.05) is 12.1 Å². The summed E-state index contributed by atoms with van der Waals surface area (Å²) in [7, 11) is -3.52. The summed E-state index contributed by atoms with van der Waals surface area (Å²) in [6, 6.07) is 10.7. The van der Waals surface area contributed by atoms with Gasteiger partial charge in [-0.05, 0) is 38.1 Å². The summed E-state index contributed by atoms with van der Waals surface area (Å²) in [5, 5.41) is 0. The fourth-order valence-electron chi connectivity index (χ4n) is 2.24. The lowest BCUT2D eigenvalue weighted by Crippen LogP contribution is -2.41. The summed E-state index contributed by atoms with van der Waals surface area (Å²) in [4.78, 5) is 0.984. The van der Waals surface area contributed by atoms with Crippen LogP contribution in [0.2, 0.25) is 0 Å². The Hall–Kier alpha value is -1.53. The second-order valence-corrected chi connectivity index (χ2v) is 8.17. The van der Waals surface area contributed by atoms with Gasteiger partial charge < -0.3 is 4.74 Å². The molecule has 1 unspecified atom stereocenters. The normalized spacial score (nSPS) is 18.5. The summed E-state index contributed by atoms with van der Waals surface area (Å²) in [6.07, 6.45) is -0.166. The molecule has 0 N–H and O–H groups in total. The van der Waals surface area contributed by atoms with Crippen LogP contribution in [0.1, 0.15) is 11.8 Å². The Balaban J connectivity index is 2.10. The van der Waals surface area contributed by atoms with Gasteiger partial charge in [0.1, 0.15) is 16.1 Å². The van der Waals surface area contributed by atoms with Gasteiger partial charge in [-0.2, -0.15) is 0 Å². The smallest absolute Gasteiger partial charge is 0.274 e. The molecule has 0 saturated heterocycles. The van der Waals surface area contributed by atoms with E-state index in [1.807, 2.05) is 32.0 Å². The van der Waals surface area contributed by atoms with E-state index in [1.165, 1.54) is 15.6 Å². The number of para-hydroxylation sites is 2. The third kappa shape index (κ3) is 2.19. The zero-order valence-electron chi connectivity index (χ0n) is 11.2. The maximum atomic E-state index is 12.8. The first kappa shape index (κ1) is 13.5. The van der Waals surface area contributed by atoms with Gasteiger partial charge in [0.25, 0.3) is 10.0 Å². The molecule has 0 amide bonds. The Morgan fingerprint density at radius 1 is 1.25 bits per heavy atom. The second-order valence-electron chi connectivity index (χ2n) is 4.80. The standard InChI is InChI=1S/C14H15NO3S2/c1-10-9-15(12-5-3-4-6-13(12)18-10)20(16,17)14-8-7-11(2)19-14/h3-8,10H,9H2,1-2H3. The summed E-state index contributed by atoms with van der Waals surface area (Å²) in [6.45, 7) is 4.11. The molecule has 0 spiro atoms. The average Bonchev–Trinajstić information content (AvgIpc) is 2.85. The molecule has 0 fully saturated rings. The summed E-state index contributed by atoms with van der Waals surface area (Å²) >= 11 is 1.29. The highest BCUT2D eigenvalue weighted by Gasteiger charge is 2.33. The zero-order chi connectivity index (χ0) is 14.3. The Labute approximate surface area is 122 Å². The minimum Gasteiger partial charge on any atom is -0.487 e. The molecule has 0 saturated carbocycles. The molecular weight excluding hydrogens is 294 g/mol. The van der Waals surface area contributed by atoms with Crippen molar-refractivity contribution in [1.29, 1.82) is 0 Å². The monoisotopic (exact) mass is 309 g/mol. The maximum Gasteiger partial charge on any atom is 0.274 e. The number of nitrogens with zero attached hydrogens (tertiary/aromatic N) is 1. The highest BCUT2D eigenvalue weighted by atomic mass is 32.2. The molecule has 1 aliphatic heterocycles. The molecule has 1 aliphatic rings. The predicted molar refractivity (Wildman–Crippen MR) is 80.1 cm³/mol. The minimum atomic E-state index is -3.52. The van der Waals surface area contributed by atoms with Crippen molar-refractivity contribution >= 4 is 27.0 Å². The van der Waals surface area contributed by atoms with Gasteiger partial charge >= 0.3 is 0 Å². The number of hydrogen-bond donors (Lipinski definition) is 0. The fourth-order valence-corrected chi connectivity index (χ4v) is 5.18. The van der Waals surface area contributed by atoms with Crippen LogP contribution < -0.4 is 9.04 Å². The number of fused-ring (bicyclic) bond motifs is 1. The Morgan fingerprint density at radius 2 is 2.00 bits per heavy atom. The second kappa shape index (κ2) is 4.79. The van der Waals surface area contributed by atoms with E-state index in [-0.39, 0.29) is 6.10 Å². The number of hydrogen-bond acceptors (Lipinski definition) is 4. The molecule has 1 aromatic heterocycles. The van der Waals surface area contributed by atoms with E-state index in [4.69, 9.17) is 4.74 Å². The van der Waals surface area contributed by atoms with Crippen molar-refractivity contribution in [2.45, 2.75) is 24.2 Å². The molecule has 2 heterocycles. The van der Waals surface area contributed by atoms with Gasteiger partial charge in [-0.3, -0.25) is 4.31 Å². The molecule has 20 heavy (non-hydrogen) atoms. The third-order valence-electron chi connectivity index (χ3n) is 3.15. The first-order valence-corrected chi connectivity index (χ1v) is 8.59. The zero-order valence-corrected chi connectivity index (χ0v) is 12.9. The molecule has 2 aromatic rings. The highest BCUT2D eigenvalue weighted by molar-refractivity contribution is 7.94. The number of benzene rings is 1. The lowest BCUT2D eigenvalue weighted by Gasteiger charge is -2.33. The van der Waals surface area contributed by atoms with Crippen molar-refractivity contribution in [3.05, 3.63) is 41.3 Å². The molecule has 3 rings (SSSR count). The molecule has 0 bridgehead atoms. The summed E-state index contributed by atoms with van der Waals surface area (Å²) in [5.74, 6) is 0.614. The number of anilines is 1. The Kier molecular flexibility index (Phi) is 3.22. The topological polar surface area (TPSA) is 46.6 Å². The number of ether oxygens (including phenoxy) is 1. The van der Waals surface area contributed by atoms with Crippen molar-refractivity contribution in [2.24, 2.45) is 0 Å². The molecular formula is C14H15NO3S2. The van der Waals surface area contributed by atoms with Crippen molar-refractivity contribution in [3.63, 3.8) is 0 Å². The Bertz CT molecular complexity index is 736. The molecule has 6 heteroatoms. The molecule has 106 valence electrons. The Morgan fingerprint density at radius 3 is 2.70 bits per heavy atom. The lowest BCUT2D eigenvalue weighted by molar-refractivity contribution is 0.219. The summed E-state index contributed by atoms with van der Waals surface area (Å²) < 4.78 is 33.1. The fraction of sp³-hybridized carbons (Fsp3) is 0.286. The molecule has 4 nitrogen and oxygen atoms in total. The van der Waals surface area contributed by atoms with Crippen LogP contribution in [0.15, 0.2) is 40.6 Å². The van der Waals surface area contributed by atoms with Gasteiger partial charge in [0.05, 0.1) is 12.2 Å². The van der Waals surface area contributed by atoms with Crippen LogP contribution in [0.25, 0.3) is 0 Å². The van der Waals surface area contributed by atoms with E-state index in [0.29, 0.717) is 22.2 Å². The molecule has 0 radical (unpaired) electrons. The van der Waals surface area contributed by atoms with Crippen molar-refractivity contribution < 1.29 is 13.2 Å². The van der Waals surface area contributed by atoms with E-state index in [0.717, 1.165) is 4.88 Å². The first-order valence-electron chi connectivity index (χ1n) is 6.33. The summed E-state index contributed by atoms with van der Waals surface area (Å²) in [5.41, 5.74) is 0.608. The van der Waals surface area contributed by atoms with Crippen molar-refractivity contribution in [1.82, 2.24) is 0 Å². The first-order chi connectivity index (χ1) is 9.48. The van der Waals surface area contributed by atoms with Crippen LogP contribution in [0.5, 0.6) is 5.75 Å². The maximum absolute atomic E-state index is 12.8. The number of rotatable bonds is 2. The van der Waals surface area contributed by atoms with Gasteiger partial charge in [0.15, 0.2) is 0 Å². The van der Waals surface area contributed by atoms with Gasteiger partial charge in [-0.25, -0.2) is 8.42 Å². The predicted octanol–water partition coefficient (Wildman–Crippen LogP) is 3.03. The van der Waals surface area contributed by atoms with Crippen LogP contribution in [-0.2, 0) is 10.0 Å². The molecule has 0 aliphatic carbocycles. The minimum absolute atomic E-state index is 0.166. The van der Waals surface area contributed by atoms with E-state index in [2.05, 4.69) is 0 Å². The van der Waals surface area contributed by atoms with E-state index in [9.17, 15) is 8.42 Å². The number of aryl methyl sites for hydroxylation is 1. The van der Waals surface area contributed by atoms with Gasteiger partial charge in [0.2, 0.25) is 0 Å². The molecule has 1 aromatic carbocycles. The largest absolute Gasteiger partial charge is 0.487 e. The van der Waals surface area contributed by atoms with Crippen LogP contribution >= 0.6 is 11.3 Å². The van der Waals surface area contributed by atoms with Crippen LogP contribution in [0, 0.1) is 6.92 Å². The lowest BCUT2D eigenvalue weighted by atomic mass is 10.2. The van der Waals surface area contributed by atoms with Gasteiger partial charge in [-0.15, -0.1) is 11.3 Å². The van der Waals surface area contributed by atoms with Crippen molar-refractivity contribution in [3.8, 4) is 5.75 Å². The highest BCUT2D eigenvalue weighted by Crippen LogP contribution is 2.37. The number of thiophene rings is 1. The third-order valence-corrected chi connectivity index (χ3v) is 6.39. The van der Waals surface area contributed by atoms with Crippen LogP contribution in [0.4, 0.5) is 5.69 Å². The quantitative estimate of drug-likeness (QED) is 0.856. The SMILES string of the molecule is Cc1ccc(S(=O)(=O)N2CC(C)Oc3ccccc32)s1. The van der Waals surface area contributed by atoms with Gasteiger partial charge in [0, 0.05) is 4.88 Å². The van der Waals surface area contributed by atoms with Crippen LogP contribution in [-0.4, -0.2) is 21.1 Å². The average molecular weight is 309 g/mol. The van der Waals surface area contributed by atoms with E-state index < -0.39 is 10.0 Å². The number of sulfonamides is 1.